The molecule has 7 nitrogen and oxygen atoms in total. The van der Waals surface area contributed by atoms with Crippen LogP contribution in [0.4, 0.5) is 5.69 Å². The van der Waals surface area contributed by atoms with E-state index in [2.05, 4.69) is 4.98 Å². The molecule has 0 bridgehead atoms. The van der Waals surface area contributed by atoms with E-state index < -0.39 is 17.1 Å². The number of hydrogen-bond donors (Lipinski definition) is 0. The van der Waals surface area contributed by atoms with Gasteiger partial charge in [0.05, 0.1) is 24.0 Å². The van der Waals surface area contributed by atoms with Crippen molar-refractivity contribution in [1.82, 2.24) is 4.98 Å². The first kappa shape index (κ1) is 17.0. The fraction of sp³-hybridized carbons (Fsp3) is 0.176. The number of amides is 2. The lowest BCUT2D eigenvalue weighted by Crippen LogP contribution is -2.31. The second kappa shape index (κ2) is 6.94. The molecule has 1 aromatic heterocycles. The fourth-order valence-corrected chi connectivity index (χ4v) is 3.58. The summed E-state index contributed by atoms with van der Waals surface area (Å²) in [6.07, 6.45) is 1.40. The molecule has 0 N–H and O–H groups in total. The number of hydrogen-bond acceptors (Lipinski definition) is 7. The molecular formula is C17H13N2O5S-. The molecule has 1 unspecified atom stereocenters. The van der Waals surface area contributed by atoms with Gasteiger partial charge in [0.25, 0.3) is 0 Å². The highest BCUT2D eigenvalue weighted by atomic mass is 32.2. The van der Waals surface area contributed by atoms with E-state index in [1.54, 1.807) is 24.3 Å². The van der Waals surface area contributed by atoms with Crippen molar-refractivity contribution in [3.8, 4) is 5.75 Å². The van der Waals surface area contributed by atoms with E-state index in [0.717, 1.165) is 16.7 Å². The van der Waals surface area contributed by atoms with Gasteiger partial charge in [-0.25, -0.2) is 9.88 Å². The van der Waals surface area contributed by atoms with Crippen molar-refractivity contribution in [2.75, 3.05) is 12.0 Å². The number of carbonyl (C=O) groups excluding carboxylic acids is 3. The van der Waals surface area contributed by atoms with E-state index in [0.29, 0.717) is 11.4 Å². The first-order chi connectivity index (χ1) is 12.0. The molecule has 2 aromatic rings. The molecule has 0 radical (unpaired) electrons. The molecule has 0 aliphatic carbocycles. The van der Waals surface area contributed by atoms with Gasteiger partial charge >= 0.3 is 0 Å². The van der Waals surface area contributed by atoms with Gasteiger partial charge in [-0.3, -0.25) is 9.59 Å². The smallest absolute Gasteiger partial charge is 0.247 e. The third kappa shape index (κ3) is 3.34. The van der Waals surface area contributed by atoms with Crippen LogP contribution in [0.1, 0.15) is 16.8 Å². The second-order valence-corrected chi connectivity index (χ2v) is 6.41. The molecule has 1 aliphatic rings. The highest BCUT2D eigenvalue weighted by molar-refractivity contribution is 8.00. The average molecular weight is 357 g/mol. The molecule has 2 heterocycles. The minimum absolute atomic E-state index is 0.0292. The van der Waals surface area contributed by atoms with E-state index in [1.165, 1.54) is 25.4 Å². The minimum Gasteiger partial charge on any atom is -0.545 e. The number of aromatic carboxylic acids is 1. The third-order valence-corrected chi connectivity index (χ3v) is 4.88. The number of thioether (sulfide) groups is 1. The molecule has 25 heavy (non-hydrogen) atoms. The van der Waals surface area contributed by atoms with E-state index in [9.17, 15) is 19.5 Å². The lowest BCUT2D eigenvalue weighted by Gasteiger charge is -2.16. The Labute approximate surface area is 147 Å². The Morgan fingerprint density at radius 2 is 2.00 bits per heavy atom. The average Bonchev–Trinajstić information content (AvgIpc) is 2.89. The Kier molecular flexibility index (Phi) is 4.71. The number of aromatic nitrogens is 1. The van der Waals surface area contributed by atoms with Crippen molar-refractivity contribution in [1.29, 1.82) is 0 Å². The third-order valence-electron chi connectivity index (χ3n) is 3.68. The summed E-state index contributed by atoms with van der Waals surface area (Å²) in [5.74, 6) is -1.52. The molecule has 2 amide bonds. The standard InChI is InChI=1S/C17H14N2O5S/c1-24-11-6-4-10(5-7-11)19-14(20)9-13(16(19)21)25-15-12(17(22)23)3-2-8-18-15/h2-8,13H,9H2,1H3,(H,22,23)/p-1. The zero-order chi connectivity index (χ0) is 18.0. The number of pyridine rings is 1. The Hall–Kier alpha value is -2.87. The highest BCUT2D eigenvalue weighted by Gasteiger charge is 2.40. The van der Waals surface area contributed by atoms with Gasteiger partial charge < -0.3 is 14.6 Å². The summed E-state index contributed by atoms with van der Waals surface area (Å²) in [6, 6.07) is 9.38. The summed E-state index contributed by atoms with van der Waals surface area (Å²) in [7, 11) is 1.52. The van der Waals surface area contributed by atoms with E-state index in [4.69, 9.17) is 4.74 Å². The Morgan fingerprint density at radius 3 is 2.64 bits per heavy atom. The van der Waals surface area contributed by atoms with Gasteiger partial charge in [-0.2, -0.15) is 0 Å². The van der Waals surface area contributed by atoms with Crippen molar-refractivity contribution in [3.05, 3.63) is 48.2 Å². The number of carboxylic acid groups (broad SMARTS) is 1. The molecular weight excluding hydrogens is 344 g/mol. The fourth-order valence-electron chi connectivity index (χ4n) is 2.47. The first-order valence-corrected chi connectivity index (χ1v) is 8.23. The maximum absolute atomic E-state index is 12.6. The SMILES string of the molecule is COc1ccc(N2C(=O)CC(Sc3ncccc3C(=O)[O-])C2=O)cc1. The summed E-state index contributed by atoms with van der Waals surface area (Å²) in [5.41, 5.74) is 0.343. The monoisotopic (exact) mass is 357 g/mol. The number of carboxylic acids is 1. The maximum atomic E-state index is 12.6. The maximum Gasteiger partial charge on any atom is 0.247 e. The summed E-state index contributed by atoms with van der Waals surface area (Å²) in [5, 5.41) is 10.6. The number of carbonyl (C=O) groups is 3. The van der Waals surface area contributed by atoms with Crippen LogP contribution in [-0.2, 0) is 9.59 Å². The Balaban J connectivity index is 1.83. The van der Waals surface area contributed by atoms with Crippen molar-refractivity contribution in [2.24, 2.45) is 0 Å². The van der Waals surface area contributed by atoms with Gasteiger partial charge in [0.2, 0.25) is 11.8 Å². The Morgan fingerprint density at radius 1 is 1.28 bits per heavy atom. The van der Waals surface area contributed by atoms with Gasteiger partial charge in [0.1, 0.15) is 10.8 Å². The molecule has 128 valence electrons. The van der Waals surface area contributed by atoms with Crippen molar-refractivity contribution >= 4 is 35.2 Å². The second-order valence-electron chi connectivity index (χ2n) is 5.22. The van der Waals surface area contributed by atoms with Crippen molar-refractivity contribution < 1.29 is 24.2 Å². The van der Waals surface area contributed by atoms with Gasteiger partial charge in [0.15, 0.2) is 0 Å². The van der Waals surface area contributed by atoms with Crippen LogP contribution < -0.4 is 14.7 Å². The molecule has 1 aromatic carbocycles. The largest absolute Gasteiger partial charge is 0.545 e. The summed E-state index contributed by atoms with van der Waals surface area (Å²) >= 11 is 0.955. The normalized spacial score (nSPS) is 17.0. The van der Waals surface area contributed by atoms with Crippen LogP contribution >= 0.6 is 11.8 Å². The highest BCUT2D eigenvalue weighted by Crippen LogP contribution is 2.34. The number of benzene rings is 1. The summed E-state index contributed by atoms with van der Waals surface area (Å²) in [4.78, 5) is 41.1. The van der Waals surface area contributed by atoms with Gasteiger partial charge in [-0.05, 0) is 36.4 Å². The Bertz CT molecular complexity index is 837. The van der Waals surface area contributed by atoms with E-state index >= 15 is 0 Å². The van der Waals surface area contributed by atoms with Crippen LogP contribution in [0.5, 0.6) is 5.75 Å². The first-order valence-electron chi connectivity index (χ1n) is 7.35. The quantitative estimate of drug-likeness (QED) is 0.732. The molecule has 0 saturated carbocycles. The number of methoxy groups -OCH3 is 1. The molecule has 1 fully saturated rings. The van der Waals surface area contributed by atoms with E-state index in [1.807, 2.05) is 0 Å². The van der Waals surface area contributed by atoms with Crippen molar-refractivity contribution in [3.63, 3.8) is 0 Å². The van der Waals surface area contributed by atoms with Crippen LogP contribution in [0.25, 0.3) is 0 Å². The molecule has 1 saturated heterocycles. The summed E-state index contributed by atoms with van der Waals surface area (Å²) < 4.78 is 5.06. The molecule has 8 heteroatoms. The molecule has 0 spiro atoms. The summed E-state index contributed by atoms with van der Waals surface area (Å²) in [6.45, 7) is 0. The van der Waals surface area contributed by atoms with E-state index in [-0.39, 0.29) is 22.9 Å². The van der Waals surface area contributed by atoms with Crippen LogP contribution in [0.2, 0.25) is 0 Å². The number of anilines is 1. The number of rotatable bonds is 5. The van der Waals surface area contributed by atoms with Crippen molar-refractivity contribution in [2.45, 2.75) is 16.7 Å². The lowest BCUT2D eigenvalue weighted by atomic mass is 10.3. The van der Waals surface area contributed by atoms with Gasteiger partial charge in [0, 0.05) is 18.2 Å². The molecule has 1 aliphatic heterocycles. The predicted molar refractivity (Wildman–Crippen MR) is 88.3 cm³/mol. The topological polar surface area (TPSA) is 99.6 Å². The number of ether oxygens (including phenoxy) is 1. The van der Waals surface area contributed by atoms with Gasteiger partial charge in [-0.15, -0.1) is 0 Å². The predicted octanol–water partition coefficient (Wildman–Crippen LogP) is 0.878. The zero-order valence-electron chi connectivity index (χ0n) is 13.2. The van der Waals surface area contributed by atoms with Gasteiger partial charge in [-0.1, -0.05) is 11.8 Å². The van der Waals surface area contributed by atoms with Crippen LogP contribution in [0.15, 0.2) is 47.6 Å². The lowest BCUT2D eigenvalue weighted by molar-refractivity contribution is -0.255. The van der Waals surface area contributed by atoms with Crippen LogP contribution in [0.3, 0.4) is 0 Å². The molecule has 1 atom stereocenters. The van der Waals surface area contributed by atoms with Crippen LogP contribution in [0, 0.1) is 0 Å². The zero-order valence-corrected chi connectivity index (χ0v) is 14.0. The van der Waals surface area contributed by atoms with Crippen LogP contribution in [-0.4, -0.2) is 35.1 Å². The number of nitrogens with zero attached hydrogens (tertiary/aromatic N) is 2. The number of imide groups is 1. The minimum atomic E-state index is -1.38. The molecule has 3 rings (SSSR count).